The zero-order chi connectivity index (χ0) is 16.4. The number of amides is 2. The molecular weight excluding hydrogens is 320 g/mol. The average molecular weight is 336 g/mol. The van der Waals surface area contributed by atoms with Gasteiger partial charge in [0.15, 0.2) is 10.2 Å². The highest BCUT2D eigenvalue weighted by Gasteiger charge is 2.21. The van der Waals surface area contributed by atoms with Gasteiger partial charge in [-0.1, -0.05) is 23.5 Å². The molecule has 0 radical (unpaired) electrons. The molecule has 8 nitrogen and oxygen atoms in total. The third-order valence-corrected chi connectivity index (χ3v) is 3.58. The van der Waals surface area contributed by atoms with Crippen molar-refractivity contribution < 1.29 is 29.1 Å². The SMILES string of the molecule is CC(=O)SCC(=O)NCC(NC(=O)CSC(C)=O)C(=O)O. The smallest absolute Gasteiger partial charge is 0.328 e. The van der Waals surface area contributed by atoms with E-state index in [0.717, 1.165) is 23.5 Å². The Kier molecular flexibility index (Phi) is 9.46. The van der Waals surface area contributed by atoms with Gasteiger partial charge < -0.3 is 15.7 Å². The second-order valence-corrected chi connectivity index (χ2v) is 6.13. The summed E-state index contributed by atoms with van der Waals surface area (Å²) >= 11 is 1.55. The maximum Gasteiger partial charge on any atom is 0.328 e. The van der Waals surface area contributed by atoms with E-state index in [1.54, 1.807) is 0 Å². The van der Waals surface area contributed by atoms with Crippen LogP contribution in [-0.2, 0) is 24.0 Å². The molecule has 0 spiro atoms. The third-order valence-electron chi connectivity index (χ3n) is 1.95. The Bertz CT molecular complexity index is 440. The van der Waals surface area contributed by atoms with Gasteiger partial charge in [-0.15, -0.1) is 0 Å². The first-order valence-electron chi connectivity index (χ1n) is 5.78. The van der Waals surface area contributed by atoms with Crippen LogP contribution in [-0.4, -0.2) is 57.2 Å². The summed E-state index contributed by atoms with van der Waals surface area (Å²) in [6.45, 7) is 2.30. The minimum Gasteiger partial charge on any atom is -0.480 e. The maximum atomic E-state index is 11.4. The number of carboxylic acid groups (broad SMARTS) is 1. The van der Waals surface area contributed by atoms with E-state index in [9.17, 15) is 24.0 Å². The number of rotatable bonds is 8. The van der Waals surface area contributed by atoms with E-state index in [1.807, 2.05) is 0 Å². The Hall–Kier alpha value is -1.55. The molecule has 118 valence electrons. The molecule has 1 unspecified atom stereocenters. The number of hydrogen-bond donors (Lipinski definition) is 3. The van der Waals surface area contributed by atoms with Crippen LogP contribution in [0.15, 0.2) is 0 Å². The highest BCUT2D eigenvalue weighted by Crippen LogP contribution is 2.01. The lowest BCUT2D eigenvalue weighted by molar-refractivity contribution is -0.141. The molecule has 0 aromatic rings. The summed E-state index contributed by atoms with van der Waals surface area (Å²) in [5.41, 5.74) is 0. The van der Waals surface area contributed by atoms with E-state index in [0.29, 0.717) is 0 Å². The number of nitrogens with one attached hydrogen (secondary N) is 2. The largest absolute Gasteiger partial charge is 0.480 e. The van der Waals surface area contributed by atoms with Crippen molar-refractivity contribution in [1.82, 2.24) is 10.6 Å². The molecule has 0 bridgehead atoms. The summed E-state index contributed by atoms with van der Waals surface area (Å²) in [5, 5.41) is 12.9. The average Bonchev–Trinajstić information content (AvgIpc) is 2.38. The lowest BCUT2D eigenvalue weighted by Gasteiger charge is -2.14. The quantitative estimate of drug-likeness (QED) is 0.527. The lowest BCUT2D eigenvalue weighted by Crippen LogP contribution is -2.49. The van der Waals surface area contributed by atoms with E-state index in [-0.39, 0.29) is 28.3 Å². The molecular formula is C11H16N2O6S2. The summed E-state index contributed by atoms with van der Waals surface area (Å²) in [4.78, 5) is 55.1. The number of carboxylic acids is 1. The van der Waals surface area contributed by atoms with Gasteiger partial charge >= 0.3 is 5.97 Å². The van der Waals surface area contributed by atoms with E-state index >= 15 is 0 Å². The fraction of sp³-hybridized carbons (Fsp3) is 0.545. The van der Waals surface area contributed by atoms with Gasteiger partial charge in [0.1, 0.15) is 6.04 Å². The lowest BCUT2D eigenvalue weighted by atomic mass is 10.3. The zero-order valence-corrected chi connectivity index (χ0v) is 13.1. The van der Waals surface area contributed by atoms with Crippen molar-refractivity contribution in [3.63, 3.8) is 0 Å². The Morgan fingerprint density at radius 2 is 1.43 bits per heavy atom. The molecule has 0 aliphatic carbocycles. The molecule has 0 rings (SSSR count). The molecule has 2 amide bonds. The Balaban J connectivity index is 4.21. The van der Waals surface area contributed by atoms with Crippen LogP contribution in [0.25, 0.3) is 0 Å². The van der Waals surface area contributed by atoms with Crippen LogP contribution in [0.1, 0.15) is 13.8 Å². The van der Waals surface area contributed by atoms with Crippen molar-refractivity contribution >= 4 is 51.5 Å². The standard InChI is InChI=1S/C11H16N2O6S2/c1-6(14)20-4-9(16)12-3-8(11(18)19)13-10(17)5-21-7(2)15/h8H,3-5H2,1-2H3,(H,12,16)(H,13,17)(H,18,19). The van der Waals surface area contributed by atoms with Crippen molar-refractivity contribution in [3.8, 4) is 0 Å². The summed E-state index contributed by atoms with van der Waals surface area (Å²) in [6, 6.07) is -1.30. The van der Waals surface area contributed by atoms with Crippen molar-refractivity contribution in [2.75, 3.05) is 18.1 Å². The summed E-state index contributed by atoms with van der Waals surface area (Å²) < 4.78 is 0. The summed E-state index contributed by atoms with van der Waals surface area (Å²) in [6.07, 6.45) is 0. The van der Waals surface area contributed by atoms with Crippen LogP contribution in [0.2, 0.25) is 0 Å². The second-order valence-electron chi connectivity index (χ2n) is 3.82. The minimum absolute atomic E-state index is 0.115. The van der Waals surface area contributed by atoms with Crippen LogP contribution in [0.4, 0.5) is 0 Å². The van der Waals surface area contributed by atoms with Crippen LogP contribution in [0, 0.1) is 0 Å². The van der Waals surface area contributed by atoms with E-state index in [2.05, 4.69) is 10.6 Å². The molecule has 0 aromatic heterocycles. The van der Waals surface area contributed by atoms with E-state index < -0.39 is 23.8 Å². The number of carbonyl (C=O) groups is 5. The van der Waals surface area contributed by atoms with Gasteiger partial charge in [0.2, 0.25) is 11.8 Å². The van der Waals surface area contributed by atoms with Crippen molar-refractivity contribution in [2.24, 2.45) is 0 Å². The van der Waals surface area contributed by atoms with E-state index in [1.165, 1.54) is 13.8 Å². The normalized spacial score (nSPS) is 11.3. The Labute approximate surface area is 129 Å². The molecule has 0 aliphatic heterocycles. The van der Waals surface area contributed by atoms with Gasteiger partial charge in [-0.3, -0.25) is 19.2 Å². The first-order valence-corrected chi connectivity index (χ1v) is 7.75. The monoisotopic (exact) mass is 336 g/mol. The highest BCUT2D eigenvalue weighted by atomic mass is 32.2. The van der Waals surface area contributed by atoms with Crippen LogP contribution in [0.3, 0.4) is 0 Å². The third kappa shape index (κ3) is 10.9. The fourth-order valence-corrected chi connectivity index (χ4v) is 1.89. The first kappa shape index (κ1) is 19.4. The van der Waals surface area contributed by atoms with Crippen LogP contribution >= 0.6 is 23.5 Å². The molecule has 10 heteroatoms. The van der Waals surface area contributed by atoms with Gasteiger partial charge in [0.25, 0.3) is 0 Å². The molecule has 21 heavy (non-hydrogen) atoms. The predicted octanol–water partition coefficient (Wildman–Crippen LogP) is -0.769. The molecule has 3 N–H and O–H groups in total. The number of hydrogen-bond acceptors (Lipinski definition) is 7. The van der Waals surface area contributed by atoms with Gasteiger partial charge in [-0.2, -0.15) is 0 Å². The maximum absolute atomic E-state index is 11.4. The van der Waals surface area contributed by atoms with Gasteiger partial charge in [0.05, 0.1) is 11.5 Å². The fourth-order valence-electron chi connectivity index (χ4n) is 1.04. The van der Waals surface area contributed by atoms with Gasteiger partial charge in [0, 0.05) is 20.4 Å². The molecule has 0 aliphatic rings. The highest BCUT2D eigenvalue weighted by molar-refractivity contribution is 8.14. The van der Waals surface area contributed by atoms with Crippen LogP contribution in [0.5, 0.6) is 0 Å². The molecule has 0 saturated heterocycles. The first-order chi connectivity index (χ1) is 9.72. The Morgan fingerprint density at radius 1 is 0.952 bits per heavy atom. The molecule has 0 heterocycles. The minimum atomic E-state index is -1.31. The van der Waals surface area contributed by atoms with Crippen molar-refractivity contribution in [3.05, 3.63) is 0 Å². The number of carbonyl (C=O) groups excluding carboxylic acids is 4. The number of aliphatic carboxylic acids is 1. The molecule has 0 fully saturated rings. The number of thioether (sulfide) groups is 2. The molecule has 0 saturated carbocycles. The topological polar surface area (TPSA) is 130 Å². The second kappa shape index (κ2) is 10.2. The van der Waals surface area contributed by atoms with Crippen molar-refractivity contribution in [2.45, 2.75) is 19.9 Å². The summed E-state index contributed by atoms with van der Waals surface area (Å²) in [7, 11) is 0. The zero-order valence-electron chi connectivity index (χ0n) is 11.5. The molecule has 1 atom stereocenters. The predicted molar refractivity (Wildman–Crippen MR) is 78.9 cm³/mol. The van der Waals surface area contributed by atoms with E-state index in [4.69, 9.17) is 5.11 Å². The van der Waals surface area contributed by atoms with Gasteiger partial charge in [-0.25, -0.2) is 4.79 Å². The summed E-state index contributed by atoms with van der Waals surface area (Å²) in [5.74, 6) is -2.73. The van der Waals surface area contributed by atoms with Crippen LogP contribution < -0.4 is 10.6 Å². The van der Waals surface area contributed by atoms with Gasteiger partial charge in [-0.05, 0) is 0 Å². The molecule has 0 aromatic carbocycles. The van der Waals surface area contributed by atoms with Crippen molar-refractivity contribution in [1.29, 1.82) is 0 Å². The Morgan fingerprint density at radius 3 is 1.86 bits per heavy atom.